The van der Waals surface area contributed by atoms with Gasteiger partial charge in [-0.05, 0) is 50.2 Å². The minimum Gasteiger partial charge on any atom is -0.327 e. The lowest BCUT2D eigenvalue weighted by Gasteiger charge is -2.16. The molecule has 0 bridgehead atoms. The molecule has 0 saturated heterocycles. The van der Waals surface area contributed by atoms with E-state index in [0.29, 0.717) is 34.4 Å². The molecule has 0 aliphatic carbocycles. The van der Waals surface area contributed by atoms with E-state index in [1.165, 1.54) is 18.2 Å². The van der Waals surface area contributed by atoms with E-state index in [1.807, 2.05) is 0 Å². The summed E-state index contributed by atoms with van der Waals surface area (Å²) in [6.45, 7) is 3.68. The van der Waals surface area contributed by atoms with Crippen molar-refractivity contribution in [3.63, 3.8) is 0 Å². The fourth-order valence-corrected chi connectivity index (χ4v) is 5.00. The number of rotatable bonds is 5. The van der Waals surface area contributed by atoms with Crippen LogP contribution in [0, 0.1) is 0 Å². The summed E-state index contributed by atoms with van der Waals surface area (Å²) in [6, 6.07) is 6.92. The number of halogens is 3. The Labute approximate surface area is 173 Å². The van der Waals surface area contributed by atoms with Crippen LogP contribution in [0.1, 0.15) is 31.3 Å². The second kappa shape index (κ2) is 7.29. The van der Waals surface area contributed by atoms with Crippen LogP contribution in [0.3, 0.4) is 0 Å². The lowest BCUT2D eigenvalue weighted by Crippen LogP contribution is -2.28. The van der Waals surface area contributed by atoms with E-state index in [9.17, 15) is 21.6 Å². The molecule has 2 aromatic carbocycles. The molecule has 12 heteroatoms. The molecule has 0 aliphatic rings. The summed E-state index contributed by atoms with van der Waals surface area (Å²) >= 11 is 0.984. The van der Waals surface area contributed by atoms with Gasteiger partial charge in [0.1, 0.15) is 16.9 Å². The Morgan fingerprint density at radius 1 is 1.10 bits per heavy atom. The van der Waals surface area contributed by atoms with E-state index >= 15 is 0 Å². The van der Waals surface area contributed by atoms with Crippen molar-refractivity contribution in [3.8, 4) is 0 Å². The van der Waals surface area contributed by atoms with Gasteiger partial charge in [-0.25, -0.2) is 18.1 Å². The first-order valence-corrected chi connectivity index (χ1v) is 11.1. The predicted molar refractivity (Wildman–Crippen MR) is 107 cm³/mol. The summed E-state index contributed by atoms with van der Waals surface area (Å²) in [5.74, 6) is 0.326. The molecule has 30 heavy (non-hydrogen) atoms. The topological polar surface area (TPSA) is 89.8 Å². The first kappa shape index (κ1) is 20.7. The Bertz CT molecular complexity index is 1350. The third kappa shape index (κ3) is 3.66. The van der Waals surface area contributed by atoms with Gasteiger partial charge in [-0.15, -0.1) is 0 Å². The zero-order valence-electron chi connectivity index (χ0n) is 15.8. The van der Waals surface area contributed by atoms with Crippen LogP contribution in [0.15, 0.2) is 41.3 Å². The van der Waals surface area contributed by atoms with Gasteiger partial charge in [0.15, 0.2) is 0 Å². The summed E-state index contributed by atoms with van der Waals surface area (Å²) in [4.78, 5) is 4.40. The molecule has 0 amide bonds. The van der Waals surface area contributed by atoms with Gasteiger partial charge >= 0.3 is 6.18 Å². The monoisotopic (exact) mass is 455 g/mol. The molecule has 4 rings (SSSR count). The highest BCUT2D eigenvalue weighted by molar-refractivity contribution is 7.89. The molecule has 1 atom stereocenters. The average Bonchev–Trinajstić information content (AvgIpc) is 3.29. The van der Waals surface area contributed by atoms with Crippen LogP contribution in [0.2, 0.25) is 0 Å². The van der Waals surface area contributed by atoms with Crippen LogP contribution in [0.5, 0.6) is 0 Å². The van der Waals surface area contributed by atoms with E-state index in [-0.39, 0.29) is 4.90 Å². The van der Waals surface area contributed by atoms with Crippen LogP contribution < -0.4 is 4.72 Å². The van der Waals surface area contributed by atoms with Gasteiger partial charge in [0.2, 0.25) is 10.0 Å². The number of alkyl halides is 3. The number of imidazole rings is 1. The van der Waals surface area contributed by atoms with Gasteiger partial charge in [0.05, 0.1) is 39.3 Å². The van der Waals surface area contributed by atoms with Crippen LogP contribution in [0.25, 0.3) is 22.1 Å². The summed E-state index contributed by atoms with van der Waals surface area (Å²) in [5, 5.41) is 0. The van der Waals surface area contributed by atoms with Crippen LogP contribution in [-0.2, 0) is 22.7 Å². The number of nitrogens with one attached hydrogen (secondary N) is 1. The Morgan fingerprint density at radius 2 is 1.80 bits per heavy atom. The molecule has 0 fully saturated rings. The zero-order valence-corrected chi connectivity index (χ0v) is 17.4. The minimum absolute atomic E-state index is 0.0214. The number of aromatic nitrogens is 4. The molecule has 158 valence electrons. The second-order valence-electron chi connectivity index (χ2n) is 6.67. The molecular weight excluding hydrogens is 439 g/mol. The Morgan fingerprint density at radius 3 is 2.50 bits per heavy atom. The van der Waals surface area contributed by atoms with E-state index in [1.54, 1.807) is 24.5 Å². The lowest BCUT2D eigenvalue weighted by molar-refractivity contribution is -0.137. The van der Waals surface area contributed by atoms with E-state index < -0.39 is 27.8 Å². The number of aryl methyl sites for hydroxylation is 1. The van der Waals surface area contributed by atoms with Crippen molar-refractivity contribution in [2.75, 3.05) is 0 Å². The standard InChI is InChI=1S/C18H16F3N5O2S2/c1-3-26-16-8-11(18(19,20)21)4-6-14(16)22-17(26)10(2)25-30(27,28)12-5-7-13-15(9-12)24-29-23-13/h4-10,25H,3H2,1-2H3. The van der Waals surface area contributed by atoms with Crippen molar-refractivity contribution in [1.82, 2.24) is 23.0 Å². The van der Waals surface area contributed by atoms with Gasteiger partial charge in [-0.1, -0.05) is 0 Å². The number of hydrogen-bond donors (Lipinski definition) is 1. The first-order valence-electron chi connectivity index (χ1n) is 8.92. The maximum Gasteiger partial charge on any atom is 0.416 e. The summed E-state index contributed by atoms with van der Waals surface area (Å²) in [7, 11) is -3.92. The van der Waals surface area contributed by atoms with Gasteiger partial charge < -0.3 is 4.57 Å². The Hall–Kier alpha value is -2.57. The third-order valence-corrected chi connectivity index (χ3v) is 6.77. The quantitative estimate of drug-likeness (QED) is 0.489. The average molecular weight is 455 g/mol. The van der Waals surface area contributed by atoms with Gasteiger partial charge in [-0.2, -0.15) is 21.9 Å². The van der Waals surface area contributed by atoms with Crippen LogP contribution >= 0.6 is 11.7 Å². The molecule has 1 N–H and O–H groups in total. The normalized spacial score (nSPS) is 13.9. The van der Waals surface area contributed by atoms with Crippen molar-refractivity contribution in [1.29, 1.82) is 0 Å². The number of sulfonamides is 1. The van der Waals surface area contributed by atoms with Crippen molar-refractivity contribution < 1.29 is 21.6 Å². The fourth-order valence-electron chi connectivity index (χ4n) is 3.26. The SMILES string of the molecule is CCn1c(C(C)NS(=O)(=O)c2ccc3nsnc3c2)nc2ccc(C(F)(F)F)cc21. The van der Waals surface area contributed by atoms with E-state index in [2.05, 4.69) is 18.5 Å². The van der Waals surface area contributed by atoms with Crippen molar-refractivity contribution in [2.45, 2.75) is 37.5 Å². The zero-order chi connectivity index (χ0) is 21.7. The highest BCUT2D eigenvalue weighted by atomic mass is 32.2. The van der Waals surface area contributed by atoms with Crippen LogP contribution in [0.4, 0.5) is 13.2 Å². The molecule has 0 radical (unpaired) electrons. The van der Waals surface area contributed by atoms with Crippen LogP contribution in [-0.4, -0.2) is 26.7 Å². The predicted octanol–water partition coefficient (Wildman–Crippen LogP) is 4.12. The van der Waals surface area contributed by atoms with Crippen molar-refractivity contribution >= 4 is 43.8 Å². The van der Waals surface area contributed by atoms with Gasteiger partial charge in [0.25, 0.3) is 0 Å². The molecule has 2 heterocycles. The number of fused-ring (bicyclic) bond motifs is 2. The Kier molecular flexibility index (Phi) is 5.03. The highest BCUT2D eigenvalue weighted by Crippen LogP contribution is 2.32. The fraction of sp³-hybridized carbons (Fsp3) is 0.278. The number of benzene rings is 2. The second-order valence-corrected chi connectivity index (χ2v) is 8.92. The third-order valence-electron chi connectivity index (χ3n) is 4.68. The molecule has 1 unspecified atom stereocenters. The number of nitrogens with zero attached hydrogens (tertiary/aromatic N) is 4. The molecule has 2 aromatic heterocycles. The molecule has 0 saturated carbocycles. The summed E-state index contributed by atoms with van der Waals surface area (Å²) in [6.07, 6.45) is -4.48. The lowest BCUT2D eigenvalue weighted by atomic mass is 10.2. The van der Waals surface area contributed by atoms with Crippen molar-refractivity contribution in [2.24, 2.45) is 0 Å². The smallest absolute Gasteiger partial charge is 0.327 e. The van der Waals surface area contributed by atoms with E-state index in [4.69, 9.17) is 0 Å². The largest absolute Gasteiger partial charge is 0.416 e. The van der Waals surface area contributed by atoms with Gasteiger partial charge in [0, 0.05) is 6.54 Å². The Balaban J connectivity index is 1.70. The molecule has 7 nitrogen and oxygen atoms in total. The molecular formula is C18H16F3N5O2S2. The first-order chi connectivity index (χ1) is 14.1. The molecule has 0 spiro atoms. The maximum absolute atomic E-state index is 13.1. The van der Waals surface area contributed by atoms with Gasteiger partial charge in [-0.3, -0.25) is 0 Å². The maximum atomic E-state index is 13.1. The van der Waals surface area contributed by atoms with E-state index in [0.717, 1.165) is 23.9 Å². The number of hydrogen-bond acceptors (Lipinski definition) is 6. The minimum atomic E-state index is -4.48. The highest BCUT2D eigenvalue weighted by Gasteiger charge is 2.31. The molecule has 4 aromatic rings. The summed E-state index contributed by atoms with van der Waals surface area (Å²) in [5.41, 5.74) is 0.940. The summed E-state index contributed by atoms with van der Waals surface area (Å²) < 4.78 is 77.1. The van der Waals surface area contributed by atoms with Crippen molar-refractivity contribution in [3.05, 3.63) is 47.8 Å². The molecule has 0 aliphatic heterocycles.